The van der Waals surface area contributed by atoms with Crippen molar-refractivity contribution in [2.24, 2.45) is 0 Å². The van der Waals surface area contributed by atoms with Gasteiger partial charge in [0, 0.05) is 48.8 Å². The Morgan fingerprint density at radius 1 is 1.14 bits per heavy atom. The van der Waals surface area contributed by atoms with E-state index in [9.17, 15) is 4.79 Å². The maximum absolute atomic E-state index is 12.6. The summed E-state index contributed by atoms with van der Waals surface area (Å²) in [6.45, 7) is 9.74. The van der Waals surface area contributed by atoms with Gasteiger partial charge in [0.1, 0.15) is 5.75 Å². The van der Waals surface area contributed by atoms with Crippen molar-refractivity contribution in [2.45, 2.75) is 32.9 Å². The normalized spacial score (nSPS) is 15.2. The van der Waals surface area contributed by atoms with Crippen LogP contribution in [0.25, 0.3) is 26.4 Å². The summed E-state index contributed by atoms with van der Waals surface area (Å²) in [7, 11) is 1.68. The van der Waals surface area contributed by atoms with Gasteiger partial charge in [0.15, 0.2) is 4.96 Å². The molecule has 2 aromatic heterocycles. The number of imidazole rings is 1. The van der Waals surface area contributed by atoms with Crippen molar-refractivity contribution in [3.05, 3.63) is 53.2 Å². The van der Waals surface area contributed by atoms with Gasteiger partial charge in [-0.3, -0.25) is 9.30 Å². The molecule has 4 aromatic rings. The zero-order valence-electron chi connectivity index (χ0n) is 20.5. The number of hydrogen-bond acceptors (Lipinski definition) is 5. The number of urea groups is 1. The predicted octanol–water partition coefficient (Wildman–Crippen LogP) is 5.50. The topological polar surface area (TPSA) is 62.1 Å². The molecule has 9 heteroatoms. The van der Waals surface area contributed by atoms with Crippen LogP contribution in [0.2, 0.25) is 5.02 Å². The average molecular weight is 512 g/mol. The van der Waals surface area contributed by atoms with Crippen LogP contribution in [-0.2, 0) is 6.54 Å². The Morgan fingerprint density at radius 3 is 2.63 bits per heavy atom. The first-order valence-electron chi connectivity index (χ1n) is 11.7. The smallest absolute Gasteiger partial charge is 0.317 e. The molecule has 0 spiro atoms. The number of halogens is 1. The standard InChI is InChI=1S/C26H30ClN5O2S/c1-26(2,3)29-24(33)31-12-10-30(11-13-31)16-21-23(17-6-5-7-19(14-17)34-4)28-25-32(21)20-9-8-18(27)15-22(20)35-25/h5-9,14-15H,10-13,16H2,1-4H3,(H,29,33). The predicted molar refractivity (Wildman–Crippen MR) is 143 cm³/mol. The van der Waals surface area contributed by atoms with Gasteiger partial charge in [-0.1, -0.05) is 35.1 Å². The van der Waals surface area contributed by atoms with E-state index in [1.807, 2.05) is 56.0 Å². The molecule has 5 rings (SSSR count). The highest BCUT2D eigenvalue weighted by Crippen LogP contribution is 2.35. The molecular formula is C26H30ClN5O2S. The Morgan fingerprint density at radius 2 is 1.91 bits per heavy atom. The highest BCUT2D eigenvalue weighted by molar-refractivity contribution is 7.23. The van der Waals surface area contributed by atoms with Crippen LogP contribution >= 0.6 is 22.9 Å². The molecule has 1 N–H and O–H groups in total. The summed E-state index contributed by atoms with van der Waals surface area (Å²) >= 11 is 7.91. The molecule has 7 nitrogen and oxygen atoms in total. The number of rotatable bonds is 4. The molecule has 1 aliphatic heterocycles. The Kier molecular flexibility index (Phi) is 6.38. The maximum atomic E-state index is 12.6. The first kappa shape index (κ1) is 23.9. The molecule has 0 saturated carbocycles. The van der Waals surface area contributed by atoms with Crippen molar-refractivity contribution in [3.8, 4) is 17.0 Å². The number of nitrogens with one attached hydrogen (secondary N) is 1. The first-order valence-corrected chi connectivity index (χ1v) is 12.9. The molecule has 1 aliphatic rings. The fourth-order valence-corrected chi connectivity index (χ4v) is 5.79. The lowest BCUT2D eigenvalue weighted by Crippen LogP contribution is -2.54. The minimum absolute atomic E-state index is 0.00155. The second kappa shape index (κ2) is 9.33. The fourth-order valence-electron chi connectivity index (χ4n) is 4.47. The number of amides is 2. The first-order chi connectivity index (χ1) is 16.7. The van der Waals surface area contributed by atoms with E-state index in [1.165, 1.54) is 0 Å². The number of benzene rings is 2. The highest BCUT2D eigenvalue weighted by atomic mass is 35.5. The van der Waals surface area contributed by atoms with E-state index in [2.05, 4.69) is 26.8 Å². The summed E-state index contributed by atoms with van der Waals surface area (Å²) in [5, 5.41) is 3.79. The zero-order valence-corrected chi connectivity index (χ0v) is 22.0. The third-order valence-electron chi connectivity index (χ3n) is 6.16. The molecule has 3 heterocycles. The Balaban J connectivity index is 1.47. The molecule has 2 amide bonds. The minimum atomic E-state index is -0.244. The maximum Gasteiger partial charge on any atom is 0.317 e. The number of carbonyl (C=O) groups is 1. The number of methoxy groups -OCH3 is 1. The summed E-state index contributed by atoms with van der Waals surface area (Å²) in [4.78, 5) is 22.9. The second-order valence-electron chi connectivity index (χ2n) is 9.91. The quantitative estimate of drug-likeness (QED) is 0.393. The van der Waals surface area contributed by atoms with Gasteiger partial charge in [-0.05, 0) is 51.1 Å². The molecule has 35 heavy (non-hydrogen) atoms. The number of aromatic nitrogens is 2. The van der Waals surface area contributed by atoms with E-state index in [0.717, 1.165) is 62.5 Å². The molecule has 1 saturated heterocycles. The van der Waals surface area contributed by atoms with Gasteiger partial charge < -0.3 is 15.0 Å². The fraction of sp³-hybridized carbons (Fsp3) is 0.385. The molecular weight excluding hydrogens is 482 g/mol. The monoisotopic (exact) mass is 511 g/mol. The van der Waals surface area contributed by atoms with Crippen LogP contribution in [-0.4, -0.2) is 64.0 Å². The van der Waals surface area contributed by atoms with Crippen molar-refractivity contribution in [1.82, 2.24) is 24.5 Å². The van der Waals surface area contributed by atoms with Gasteiger partial charge >= 0.3 is 6.03 Å². The number of thiazole rings is 1. The van der Waals surface area contributed by atoms with Crippen LogP contribution < -0.4 is 10.1 Å². The van der Waals surface area contributed by atoms with Crippen LogP contribution in [0.3, 0.4) is 0 Å². The third kappa shape index (κ3) is 4.96. The molecule has 0 bridgehead atoms. The third-order valence-corrected chi connectivity index (χ3v) is 7.40. The van der Waals surface area contributed by atoms with E-state index in [1.54, 1.807) is 18.4 Å². The summed E-state index contributed by atoms with van der Waals surface area (Å²) in [5.41, 5.74) is 3.98. The van der Waals surface area contributed by atoms with Gasteiger partial charge in [-0.25, -0.2) is 9.78 Å². The van der Waals surface area contributed by atoms with Crippen LogP contribution in [0.5, 0.6) is 5.75 Å². The van der Waals surface area contributed by atoms with Crippen LogP contribution in [0.4, 0.5) is 4.79 Å². The van der Waals surface area contributed by atoms with Gasteiger partial charge in [-0.15, -0.1) is 0 Å². The Bertz CT molecular complexity index is 1380. The van der Waals surface area contributed by atoms with Gasteiger partial charge in [0.2, 0.25) is 0 Å². The highest BCUT2D eigenvalue weighted by Gasteiger charge is 2.26. The Hall–Kier alpha value is -2.81. The number of fused-ring (bicyclic) bond motifs is 3. The molecule has 0 unspecified atom stereocenters. The van der Waals surface area contributed by atoms with Crippen molar-refractivity contribution in [1.29, 1.82) is 0 Å². The number of piperazine rings is 1. The molecule has 0 radical (unpaired) electrons. The molecule has 184 valence electrons. The summed E-state index contributed by atoms with van der Waals surface area (Å²) in [6, 6.07) is 14.0. The van der Waals surface area contributed by atoms with E-state index >= 15 is 0 Å². The van der Waals surface area contributed by atoms with Crippen LogP contribution in [0.1, 0.15) is 26.5 Å². The summed E-state index contributed by atoms with van der Waals surface area (Å²) in [5.74, 6) is 0.805. The van der Waals surface area contributed by atoms with Crippen molar-refractivity contribution in [3.63, 3.8) is 0 Å². The van der Waals surface area contributed by atoms with Crippen LogP contribution in [0.15, 0.2) is 42.5 Å². The molecule has 1 fully saturated rings. The zero-order chi connectivity index (χ0) is 24.7. The molecule has 0 aliphatic carbocycles. The van der Waals surface area contributed by atoms with E-state index in [0.29, 0.717) is 13.1 Å². The number of carbonyl (C=O) groups excluding carboxylic acids is 1. The Labute approximate surface area is 214 Å². The summed E-state index contributed by atoms with van der Waals surface area (Å²) < 4.78 is 8.84. The number of ether oxygens (including phenoxy) is 1. The lowest BCUT2D eigenvalue weighted by molar-refractivity contribution is 0.130. The van der Waals surface area contributed by atoms with Gasteiger partial charge in [0.25, 0.3) is 0 Å². The average Bonchev–Trinajstić information content (AvgIpc) is 3.34. The van der Waals surface area contributed by atoms with Crippen molar-refractivity contribution >= 4 is 44.1 Å². The lowest BCUT2D eigenvalue weighted by Gasteiger charge is -2.36. The second-order valence-corrected chi connectivity index (χ2v) is 11.4. The van der Waals surface area contributed by atoms with Crippen LogP contribution in [0, 0.1) is 0 Å². The molecule has 0 atom stereocenters. The number of nitrogens with zero attached hydrogens (tertiary/aromatic N) is 4. The molecule has 2 aromatic carbocycles. The largest absolute Gasteiger partial charge is 0.497 e. The van der Waals surface area contributed by atoms with Crippen molar-refractivity contribution in [2.75, 3.05) is 33.3 Å². The van der Waals surface area contributed by atoms with Crippen molar-refractivity contribution < 1.29 is 9.53 Å². The minimum Gasteiger partial charge on any atom is -0.497 e. The SMILES string of the molecule is COc1cccc(-c2nc3sc4cc(Cl)ccc4n3c2CN2CCN(C(=O)NC(C)(C)C)CC2)c1. The summed E-state index contributed by atoms with van der Waals surface area (Å²) in [6.07, 6.45) is 0. The van der Waals surface area contributed by atoms with E-state index in [-0.39, 0.29) is 11.6 Å². The number of hydrogen-bond donors (Lipinski definition) is 1. The van der Waals surface area contributed by atoms with Gasteiger partial charge in [0.05, 0.1) is 28.7 Å². The van der Waals surface area contributed by atoms with Gasteiger partial charge in [-0.2, -0.15) is 0 Å². The van der Waals surface area contributed by atoms with E-state index in [4.69, 9.17) is 21.3 Å². The van der Waals surface area contributed by atoms with E-state index < -0.39 is 0 Å². The lowest BCUT2D eigenvalue weighted by atomic mass is 10.1.